The number of fused-ring (bicyclic) bond motifs is 1. The van der Waals surface area contributed by atoms with Crippen molar-refractivity contribution in [3.8, 4) is 0 Å². The number of allylic oxidation sites excluding steroid dienone is 4. The molecule has 0 radical (unpaired) electrons. The van der Waals surface area contributed by atoms with Crippen molar-refractivity contribution in [1.82, 2.24) is 0 Å². The predicted molar refractivity (Wildman–Crippen MR) is 70.2 cm³/mol. The standard InChI is InChI=1S/C14H12S/c1-2-3-4-5-9-13-11-12-8-6-7-10-14(12)15-13/h2-11H,1H2. The van der Waals surface area contributed by atoms with E-state index in [4.69, 9.17) is 0 Å². The Kier molecular flexibility index (Phi) is 3.15. The van der Waals surface area contributed by atoms with Crippen LogP contribution in [0.1, 0.15) is 4.88 Å². The van der Waals surface area contributed by atoms with Crippen LogP contribution in [0.2, 0.25) is 0 Å². The van der Waals surface area contributed by atoms with E-state index in [1.165, 1.54) is 15.0 Å². The van der Waals surface area contributed by atoms with Gasteiger partial charge in [-0.05, 0) is 23.6 Å². The highest BCUT2D eigenvalue weighted by Crippen LogP contribution is 2.25. The molecule has 0 N–H and O–H groups in total. The van der Waals surface area contributed by atoms with Crippen molar-refractivity contribution in [3.63, 3.8) is 0 Å². The maximum Gasteiger partial charge on any atom is 0.0349 e. The van der Waals surface area contributed by atoms with E-state index in [0.717, 1.165) is 0 Å². The van der Waals surface area contributed by atoms with Gasteiger partial charge < -0.3 is 0 Å². The minimum absolute atomic E-state index is 1.28. The van der Waals surface area contributed by atoms with Crippen molar-refractivity contribution in [2.75, 3.05) is 0 Å². The lowest BCUT2D eigenvalue weighted by Gasteiger charge is -1.82. The highest BCUT2D eigenvalue weighted by atomic mass is 32.1. The molecule has 0 unspecified atom stereocenters. The molecule has 0 aliphatic carbocycles. The molecular formula is C14H12S. The molecule has 2 aromatic rings. The van der Waals surface area contributed by atoms with Crippen molar-refractivity contribution in [3.05, 3.63) is 66.1 Å². The van der Waals surface area contributed by atoms with E-state index in [0.29, 0.717) is 0 Å². The Labute approximate surface area is 93.9 Å². The van der Waals surface area contributed by atoms with Crippen molar-refractivity contribution >= 4 is 27.5 Å². The fourth-order valence-electron chi connectivity index (χ4n) is 1.38. The number of hydrogen-bond donors (Lipinski definition) is 0. The number of benzene rings is 1. The first-order chi connectivity index (χ1) is 7.40. The van der Waals surface area contributed by atoms with Gasteiger partial charge in [-0.25, -0.2) is 0 Å². The molecule has 2 rings (SSSR count). The van der Waals surface area contributed by atoms with Crippen molar-refractivity contribution in [2.45, 2.75) is 0 Å². The summed E-state index contributed by atoms with van der Waals surface area (Å²) in [7, 11) is 0. The molecule has 74 valence electrons. The topological polar surface area (TPSA) is 0 Å². The van der Waals surface area contributed by atoms with Crippen molar-refractivity contribution < 1.29 is 0 Å². The van der Waals surface area contributed by atoms with E-state index in [1.807, 2.05) is 29.6 Å². The zero-order valence-electron chi connectivity index (χ0n) is 8.39. The van der Waals surface area contributed by atoms with Gasteiger partial charge in [0, 0.05) is 9.58 Å². The summed E-state index contributed by atoms with van der Waals surface area (Å²) in [6, 6.07) is 10.6. The molecule has 15 heavy (non-hydrogen) atoms. The molecule has 0 aliphatic rings. The molecule has 0 saturated carbocycles. The smallest absolute Gasteiger partial charge is 0.0349 e. The van der Waals surface area contributed by atoms with Gasteiger partial charge in [-0.15, -0.1) is 11.3 Å². The highest BCUT2D eigenvalue weighted by Gasteiger charge is 1.96. The molecule has 0 saturated heterocycles. The monoisotopic (exact) mass is 212 g/mol. The Morgan fingerprint density at radius 3 is 2.73 bits per heavy atom. The van der Waals surface area contributed by atoms with Gasteiger partial charge in [0.2, 0.25) is 0 Å². The first kappa shape index (κ1) is 9.94. The molecule has 0 atom stereocenters. The van der Waals surface area contributed by atoms with Gasteiger partial charge in [-0.2, -0.15) is 0 Å². The second-order valence-electron chi connectivity index (χ2n) is 3.17. The normalized spacial score (nSPS) is 11.7. The van der Waals surface area contributed by atoms with Crippen LogP contribution < -0.4 is 0 Å². The van der Waals surface area contributed by atoms with Gasteiger partial charge in [0.25, 0.3) is 0 Å². The molecule has 1 heteroatoms. The second-order valence-corrected chi connectivity index (χ2v) is 4.28. The van der Waals surface area contributed by atoms with Crippen LogP contribution in [0.5, 0.6) is 0 Å². The molecule has 1 heterocycles. The molecule has 0 aliphatic heterocycles. The van der Waals surface area contributed by atoms with Crippen LogP contribution in [0.4, 0.5) is 0 Å². The summed E-state index contributed by atoms with van der Waals surface area (Å²) >= 11 is 1.81. The summed E-state index contributed by atoms with van der Waals surface area (Å²) in [5.41, 5.74) is 0. The average Bonchev–Trinajstić information content (AvgIpc) is 2.67. The van der Waals surface area contributed by atoms with Crippen LogP contribution in [0.15, 0.2) is 61.2 Å². The van der Waals surface area contributed by atoms with Gasteiger partial charge >= 0.3 is 0 Å². The number of hydrogen-bond acceptors (Lipinski definition) is 1. The molecule has 1 aromatic heterocycles. The highest BCUT2D eigenvalue weighted by molar-refractivity contribution is 7.19. The first-order valence-corrected chi connectivity index (χ1v) is 5.66. The van der Waals surface area contributed by atoms with Crippen LogP contribution in [0.3, 0.4) is 0 Å². The lowest BCUT2D eigenvalue weighted by Crippen LogP contribution is -1.57. The van der Waals surface area contributed by atoms with E-state index in [9.17, 15) is 0 Å². The van der Waals surface area contributed by atoms with E-state index < -0.39 is 0 Å². The van der Waals surface area contributed by atoms with Gasteiger partial charge in [0.1, 0.15) is 0 Å². The van der Waals surface area contributed by atoms with Crippen LogP contribution in [0, 0.1) is 0 Å². The lowest BCUT2D eigenvalue weighted by molar-refractivity contribution is 1.85. The van der Waals surface area contributed by atoms with Gasteiger partial charge in [0.05, 0.1) is 0 Å². The summed E-state index contributed by atoms with van der Waals surface area (Å²) in [4.78, 5) is 1.28. The van der Waals surface area contributed by atoms with Gasteiger partial charge in [-0.3, -0.25) is 0 Å². The van der Waals surface area contributed by atoms with E-state index >= 15 is 0 Å². The van der Waals surface area contributed by atoms with E-state index in [1.54, 1.807) is 6.08 Å². The predicted octanol–water partition coefficient (Wildman–Crippen LogP) is 4.66. The third-order valence-electron chi connectivity index (χ3n) is 2.06. The number of thiophene rings is 1. The summed E-state index contributed by atoms with van der Waals surface area (Å²) in [6.45, 7) is 3.62. The minimum Gasteiger partial charge on any atom is -0.136 e. The zero-order valence-corrected chi connectivity index (χ0v) is 9.21. The first-order valence-electron chi connectivity index (χ1n) is 4.84. The Morgan fingerprint density at radius 2 is 1.93 bits per heavy atom. The molecule has 1 aromatic carbocycles. The van der Waals surface area contributed by atoms with Crippen LogP contribution in [-0.2, 0) is 0 Å². The Bertz CT molecular complexity index is 482. The quantitative estimate of drug-likeness (QED) is 0.649. The summed E-state index contributed by atoms with van der Waals surface area (Å²) in [6.07, 6.45) is 9.83. The molecular weight excluding hydrogens is 200 g/mol. The Hall–Kier alpha value is -1.60. The molecule has 0 fully saturated rings. The third-order valence-corrected chi connectivity index (χ3v) is 3.14. The van der Waals surface area contributed by atoms with Crippen LogP contribution in [-0.4, -0.2) is 0 Å². The SMILES string of the molecule is C=CC=CC=Cc1cc2ccccc2s1. The van der Waals surface area contributed by atoms with Crippen molar-refractivity contribution in [2.24, 2.45) is 0 Å². The van der Waals surface area contributed by atoms with Gasteiger partial charge in [-0.1, -0.05) is 49.1 Å². The molecule has 0 spiro atoms. The number of rotatable bonds is 3. The zero-order chi connectivity index (χ0) is 10.5. The summed E-state index contributed by atoms with van der Waals surface area (Å²) in [5.74, 6) is 0. The fraction of sp³-hybridized carbons (Fsp3) is 0. The van der Waals surface area contributed by atoms with Crippen LogP contribution >= 0.6 is 11.3 Å². The second kappa shape index (κ2) is 4.76. The van der Waals surface area contributed by atoms with Crippen LogP contribution in [0.25, 0.3) is 16.2 Å². The summed E-state index contributed by atoms with van der Waals surface area (Å²) < 4.78 is 1.34. The van der Waals surface area contributed by atoms with Crippen molar-refractivity contribution in [1.29, 1.82) is 0 Å². The Morgan fingerprint density at radius 1 is 1.07 bits per heavy atom. The summed E-state index contributed by atoms with van der Waals surface area (Å²) in [5, 5.41) is 1.31. The Balaban J connectivity index is 2.25. The van der Waals surface area contributed by atoms with E-state index in [-0.39, 0.29) is 0 Å². The minimum atomic E-state index is 1.28. The maximum atomic E-state index is 3.62. The van der Waals surface area contributed by atoms with E-state index in [2.05, 4.69) is 43.0 Å². The third kappa shape index (κ3) is 2.45. The fourth-order valence-corrected chi connectivity index (χ4v) is 2.36. The maximum absolute atomic E-state index is 3.62. The molecule has 0 nitrogen and oxygen atoms in total. The molecule has 0 amide bonds. The van der Waals surface area contributed by atoms with Gasteiger partial charge in [0.15, 0.2) is 0 Å². The molecule has 0 bridgehead atoms. The lowest BCUT2D eigenvalue weighted by atomic mass is 10.2. The average molecular weight is 212 g/mol. The largest absolute Gasteiger partial charge is 0.136 e.